The number of benzene rings is 2. The predicted molar refractivity (Wildman–Crippen MR) is 170 cm³/mol. The zero-order valence-electron chi connectivity index (χ0n) is 24.1. The maximum atomic E-state index is 14.8. The van der Waals surface area contributed by atoms with Gasteiger partial charge in [0.05, 0.1) is 30.6 Å². The minimum atomic E-state index is -1.28. The van der Waals surface area contributed by atoms with Gasteiger partial charge in [-0.2, -0.15) is 0 Å². The van der Waals surface area contributed by atoms with Gasteiger partial charge >= 0.3 is 0 Å². The van der Waals surface area contributed by atoms with E-state index < -0.39 is 42.2 Å². The van der Waals surface area contributed by atoms with Gasteiger partial charge < -0.3 is 24.5 Å². The summed E-state index contributed by atoms with van der Waals surface area (Å²) in [6.45, 7) is 10.3. The largest absolute Gasteiger partial charge is 0.394 e. The highest BCUT2D eigenvalue weighted by Gasteiger charge is 2.77. The quantitative estimate of drug-likeness (QED) is 0.260. The molecule has 7 atom stereocenters. The molecular weight excluding hydrogens is 634 g/mol. The van der Waals surface area contributed by atoms with Crippen molar-refractivity contribution in [2.75, 3.05) is 31.1 Å². The molecule has 2 aromatic rings. The lowest BCUT2D eigenvalue weighted by Crippen LogP contribution is -2.58. The Morgan fingerprint density at radius 2 is 1.81 bits per heavy atom. The number of nitrogens with zero attached hydrogens (tertiary/aromatic N) is 3. The molecule has 0 aromatic heterocycles. The van der Waals surface area contributed by atoms with E-state index in [2.05, 4.69) is 29.1 Å². The molecule has 228 valence electrons. The first-order valence-electron chi connectivity index (χ1n) is 14.6. The topological polar surface area (TPSA) is 90.4 Å². The zero-order valence-corrected chi connectivity index (χ0v) is 26.5. The molecule has 2 aromatic carbocycles. The molecule has 2 bridgehead atoms. The molecule has 3 amide bonds. The molecule has 43 heavy (non-hydrogen) atoms. The summed E-state index contributed by atoms with van der Waals surface area (Å²) < 4.78 is 6.73. The Hall–Kier alpha value is -2.98. The highest BCUT2D eigenvalue weighted by Crippen LogP contribution is 2.61. The Labute approximate surface area is 266 Å². The third kappa shape index (κ3) is 5.35. The van der Waals surface area contributed by atoms with E-state index in [1.807, 2.05) is 37.3 Å². The van der Waals surface area contributed by atoms with Gasteiger partial charge in [-0.15, -0.1) is 13.2 Å². The number of aliphatic hydroxyl groups excluding tert-OH is 1. The van der Waals surface area contributed by atoms with E-state index in [1.54, 1.807) is 46.2 Å². The number of hydrogen-bond donors (Lipinski definition) is 1. The molecule has 3 heterocycles. The molecule has 0 aliphatic carbocycles. The number of carbonyl (C=O) groups is 3. The fourth-order valence-corrected chi connectivity index (χ4v) is 8.21. The summed E-state index contributed by atoms with van der Waals surface area (Å²) in [4.78, 5) is 48.2. The van der Waals surface area contributed by atoms with E-state index in [-0.39, 0.29) is 29.1 Å². The average Bonchev–Trinajstić information content (AvgIpc) is 3.60. The fourth-order valence-electron chi connectivity index (χ4n) is 7.14. The average molecular weight is 671 g/mol. The second-order valence-electron chi connectivity index (χ2n) is 11.3. The smallest absolute Gasteiger partial charge is 0.253 e. The van der Waals surface area contributed by atoms with Gasteiger partial charge in [-0.3, -0.25) is 14.4 Å². The van der Waals surface area contributed by atoms with Crippen LogP contribution in [0.1, 0.15) is 31.4 Å². The lowest BCUT2D eigenvalue weighted by molar-refractivity contribution is -0.147. The van der Waals surface area contributed by atoms with E-state index >= 15 is 0 Å². The van der Waals surface area contributed by atoms with Crippen molar-refractivity contribution in [1.29, 1.82) is 0 Å². The number of hydrogen-bond acceptors (Lipinski definition) is 5. The number of amides is 3. The Morgan fingerprint density at radius 3 is 2.42 bits per heavy atom. The second-order valence-corrected chi connectivity index (χ2v) is 12.9. The van der Waals surface area contributed by atoms with Crippen LogP contribution >= 0.6 is 27.5 Å². The molecule has 3 fully saturated rings. The van der Waals surface area contributed by atoms with Gasteiger partial charge in [0.15, 0.2) is 0 Å². The summed E-state index contributed by atoms with van der Waals surface area (Å²) in [5.74, 6) is -2.63. The van der Waals surface area contributed by atoms with Crippen molar-refractivity contribution in [1.82, 2.24) is 9.80 Å². The Bertz CT molecular complexity index is 1370. The van der Waals surface area contributed by atoms with Gasteiger partial charge in [-0.1, -0.05) is 76.9 Å². The molecule has 10 heteroatoms. The summed E-state index contributed by atoms with van der Waals surface area (Å²) in [6, 6.07) is 14.1. The van der Waals surface area contributed by atoms with E-state index in [9.17, 15) is 19.5 Å². The molecule has 0 saturated carbocycles. The number of ether oxygens (including phenoxy) is 1. The molecular formula is C33H37BrClN3O5. The molecule has 5 rings (SSSR count). The van der Waals surface area contributed by atoms with Crippen LogP contribution in [0.5, 0.6) is 0 Å². The Kier molecular flexibility index (Phi) is 9.46. The number of anilines is 1. The van der Waals surface area contributed by atoms with Crippen molar-refractivity contribution in [3.05, 3.63) is 90.5 Å². The third-order valence-corrected chi connectivity index (χ3v) is 9.91. The summed E-state index contributed by atoms with van der Waals surface area (Å²) in [6.07, 6.45) is 3.80. The molecule has 3 aliphatic rings. The van der Waals surface area contributed by atoms with Gasteiger partial charge in [-0.25, -0.2) is 0 Å². The monoisotopic (exact) mass is 669 g/mol. The maximum Gasteiger partial charge on any atom is 0.253 e. The fraction of sp³-hybridized carbons (Fsp3) is 0.424. The molecule has 8 nitrogen and oxygen atoms in total. The van der Waals surface area contributed by atoms with Crippen molar-refractivity contribution in [3.63, 3.8) is 0 Å². The van der Waals surface area contributed by atoms with Crippen LogP contribution in [-0.4, -0.2) is 81.4 Å². The lowest BCUT2D eigenvalue weighted by Gasteiger charge is -2.39. The van der Waals surface area contributed by atoms with Crippen molar-refractivity contribution in [2.45, 2.75) is 48.4 Å². The normalized spacial score (nSPS) is 28.0. The van der Waals surface area contributed by atoms with Crippen LogP contribution in [-0.2, 0) is 19.1 Å². The van der Waals surface area contributed by atoms with Crippen LogP contribution in [0.2, 0.25) is 5.02 Å². The van der Waals surface area contributed by atoms with E-state index in [1.165, 1.54) is 4.90 Å². The predicted octanol–water partition coefficient (Wildman–Crippen LogP) is 4.77. The van der Waals surface area contributed by atoms with E-state index in [0.717, 1.165) is 6.42 Å². The number of alkyl halides is 1. The van der Waals surface area contributed by atoms with Crippen LogP contribution in [0, 0.1) is 11.8 Å². The SMILES string of the molecule is C=CCN(CCC)C(=O)[C@H]1[C@H]2C(=O)N([C@H](CO)c3ccccc3)C(C(=O)N(CC=C)c3ccc(Cl)cc3)C23CC(Br)[C@@H]1O3. The maximum absolute atomic E-state index is 14.8. The van der Waals surface area contributed by atoms with Gasteiger partial charge in [-0.05, 0) is 42.7 Å². The Morgan fingerprint density at radius 1 is 1.14 bits per heavy atom. The third-order valence-electron chi connectivity index (χ3n) is 8.81. The molecule has 3 saturated heterocycles. The van der Waals surface area contributed by atoms with Crippen LogP contribution in [0.4, 0.5) is 5.69 Å². The van der Waals surface area contributed by atoms with Crippen LogP contribution in [0.3, 0.4) is 0 Å². The van der Waals surface area contributed by atoms with Gasteiger partial charge in [0, 0.05) is 35.2 Å². The van der Waals surface area contributed by atoms with Crippen molar-refractivity contribution in [3.8, 4) is 0 Å². The van der Waals surface area contributed by atoms with Crippen molar-refractivity contribution < 1.29 is 24.2 Å². The molecule has 1 N–H and O–H groups in total. The van der Waals surface area contributed by atoms with Crippen LogP contribution in [0.15, 0.2) is 79.9 Å². The number of rotatable bonds is 12. The second kappa shape index (κ2) is 12.9. The van der Waals surface area contributed by atoms with Crippen molar-refractivity contribution in [2.24, 2.45) is 11.8 Å². The molecule has 1 spiro atoms. The number of likely N-dealkylation sites (tertiary alicyclic amines) is 1. The molecule has 3 aliphatic heterocycles. The first kappa shape index (κ1) is 31.4. The molecule has 3 unspecified atom stereocenters. The zero-order chi connectivity index (χ0) is 30.9. The van der Waals surface area contributed by atoms with E-state index in [0.29, 0.717) is 35.8 Å². The first-order valence-corrected chi connectivity index (χ1v) is 15.9. The molecule has 0 radical (unpaired) electrons. The number of halogens is 2. The number of fused-ring (bicyclic) bond motifs is 1. The summed E-state index contributed by atoms with van der Waals surface area (Å²) in [5.41, 5.74) is -0.0215. The van der Waals surface area contributed by atoms with Crippen molar-refractivity contribution >= 4 is 50.9 Å². The lowest BCUT2D eigenvalue weighted by atomic mass is 9.70. The van der Waals surface area contributed by atoms with Gasteiger partial charge in [0.1, 0.15) is 11.6 Å². The Balaban J connectivity index is 1.66. The van der Waals surface area contributed by atoms with E-state index in [4.69, 9.17) is 16.3 Å². The van der Waals surface area contributed by atoms with Gasteiger partial charge in [0.25, 0.3) is 5.91 Å². The number of carbonyl (C=O) groups excluding carboxylic acids is 3. The van der Waals surface area contributed by atoms with Crippen LogP contribution in [0.25, 0.3) is 0 Å². The highest BCUT2D eigenvalue weighted by atomic mass is 79.9. The van der Waals surface area contributed by atoms with Crippen LogP contribution < -0.4 is 4.90 Å². The summed E-state index contributed by atoms with van der Waals surface area (Å²) >= 11 is 9.90. The minimum absolute atomic E-state index is 0.169. The summed E-state index contributed by atoms with van der Waals surface area (Å²) in [7, 11) is 0. The minimum Gasteiger partial charge on any atom is -0.394 e. The first-order chi connectivity index (χ1) is 20.7. The summed E-state index contributed by atoms with van der Waals surface area (Å²) in [5, 5.41) is 11.3. The van der Waals surface area contributed by atoms with Gasteiger partial charge in [0.2, 0.25) is 11.8 Å². The highest BCUT2D eigenvalue weighted by molar-refractivity contribution is 9.09. The standard InChI is InChI=1S/C33H37BrClN3O5/c1-4-16-36(17-5-2)30(40)26-27-31(41)38(25(20-39)21-10-8-7-9-11-21)29(33(27)19-24(34)28(26)43-33)32(42)37(18-6-3)23-14-12-22(35)13-15-23/h4,6-15,24-29,39H,1,3,5,16-20H2,2H3/t24?,25-,26+,27+,28+,29?,33?/m1/s1. The number of aliphatic hydroxyl groups is 1.